The Labute approximate surface area is 120 Å². The molecule has 5 heteroatoms. The Morgan fingerprint density at radius 2 is 1.75 bits per heavy atom. The van der Waals surface area contributed by atoms with Crippen molar-refractivity contribution in [3.05, 3.63) is 30.3 Å². The second kappa shape index (κ2) is 8.32. The summed E-state index contributed by atoms with van der Waals surface area (Å²) in [5.74, 6) is -0.0914. The van der Waals surface area contributed by atoms with Crippen LogP contribution in [-0.4, -0.2) is 50.4 Å². The predicted octanol–water partition coefficient (Wildman–Crippen LogP) is 1.11. The number of rotatable bonds is 7. The number of hydrogen-bond donors (Lipinski definition) is 1. The van der Waals surface area contributed by atoms with E-state index in [9.17, 15) is 9.59 Å². The fraction of sp³-hybridized carbons (Fsp3) is 0.467. The van der Waals surface area contributed by atoms with Gasteiger partial charge in [0.15, 0.2) is 0 Å². The van der Waals surface area contributed by atoms with Crippen LogP contribution in [0.2, 0.25) is 0 Å². The zero-order chi connectivity index (χ0) is 15.0. The maximum Gasteiger partial charge on any atom is 0.223 e. The molecule has 1 aromatic rings. The van der Waals surface area contributed by atoms with Gasteiger partial charge in [-0.25, -0.2) is 0 Å². The molecular formula is C15H23N3O2. The lowest BCUT2D eigenvalue weighted by atomic mass is 10.2. The highest BCUT2D eigenvalue weighted by molar-refractivity contribution is 5.92. The van der Waals surface area contributed by atoms with Crippen LogP contribution < -0.4 is 10.2 Å². The van der Waals surface area contributed by atoms with E-state index < -0.39 is 0 Å². The molecule has 0 fully saturated rings. The third-order valence-electron chi connectivity index (χ3n) is 2.89. The van der Waals surface area contributed by atoms with Crippen molar-refractivity contribution in [2.75, 3.05) is 38.6 Å². The Morgan fingerprint density at radius 1 is 1.10 bits per heavy atom. The van der Waals surface area contributed by atoms with Gasteiger partial charge >= 0.3 is 0 Å². The second-order valence-electron chi connectivity index (χ2n) is 4.91. The maximum absolute atomic E-state index is 11.7. The minimum atomic E-state index is -0.0581. The number of likely N-dealkylation sites (N-methyl/N-ethyl adjacent to an activating group) is 1. The van der Waals surface area contributed by atoms with Crippen molar-refractivity contribution in [3.63, 3.8) is 0 Å². The lowest BCUT2D eigenvalue weighted by Crippen LogP contribution is -2.36. The highest BCUT2D eigenvalue weighted by atomic mass is 16.2. The van der Waals surface area contributed by atoms with Gasteiger partial charge in [0, 0.05) is 38.7 Å². The molecule has 0 spiro atoms. The first-order valence-corrected chi connectivity index (χ1v) is 6.75. The van der Waals surface area contributed by atoms with E-state index in [1.807, 2.05) is 49.3 Å². The summed E-state index contributed by atoms with van der Waals surface area (Å²) in [7, 11) is 3.91. The lowest BCUT2D eigenvalue weighted by molar-refractivity contribution is -0.121. The number of amides is 2. The Balaban J connectivity index is 2.44. The van der Waals surface area contributed by atoms with E-state index in [-0.39, 0.29) is 11.8 Å². The average Bonchev–Trinajstić information content (AvgIpc) is 2.39. The smallest absolute Gasteiger partial charge is 0.223 e. The van der Waals surface area contributed by atoms with E-state index >= 15 is 0 Å². The minimum absolute atomic E-state index is 0.0333. The fourth-order valence-electron chi connectivity index (χ4n) is 1.80. The Morgan fingerprint density at radius 3 is 2.30 bits per heavy atom. The van der Waals surface area contributed by atoms with Crippen molar-refractivity contribution in [2.45, 2.75) is 13.3 Å². The zero-order valence-electron chi connectivity index (χ0n) is 12.4. The molecule has 0 saturated heterocycles. The largest absolute Gasteiger partial charge is 0.355 e. The normalized spacial score (nSPS) is 10.4. The lowest BCUT2D eigenvalue weighted by Gasteiger charge is -2.21. The van der Waals surface area contributed by atoms with Crippen LogP contribution in [0.15, 0.2) is 30.3 Å². The van der Waals surface area contributed by atoms with Crippen molar-refractivity contribution in [3.8, 4) is 0 Å². The Bertz CT molecular complexity index is 432. The molecule has 0 atom stereocenters. The molecule has 1 N–H and O–H groups in total. The van der Waals surface area contributed by atoms with Crippen LogP contribution in [0.5, 0.6) is 0 Å². The molecule has 0 heterocycles. The molecule has 0 radical (unpaired) electrons. The van der Waals surface area contributed by atoms with Gasteiger partial charge in [-0.1, -0.05) is 18.2 Å². The topological polar surface area (TPSA) is 52.7 Å². The SMILES string of the molecule is CC(=O)N(CCC(=O)NCCN(C)C)c1ccccc1. The highest BCUT2D eigenvalue weighted by Crippen LogP contribution is 2.13. The van der Waals surface area contributed by atoms with Crippen LogP contribution >= 0.6 is 0 Å². The number of nitrogens with one attached hydrogen (secondary N) is 1. The van der Waals surface area contributed by atoms with Crippen LogP contribution in [0.4, 0.5) is 5.69 Å². The van der Waals surface area contributed by atoms with Crippen LogP contribution in [-0.2, 0) is 9.59 Å². The molecule has 0 aliphatic rings. The zero-order valence-corrected chi connectivity index (χ0v) is 12.4. The molecule has 1 rings (SSSR count). The molecule has 0 aliphatic heterocycles. The maximum atomic E-state index is 11.7. The predicted molar refractivity (Wildman–Crippen MR) is 80.6 cm³/mol. The molecule has 110 valence electrons. The number of nitrogens with zero attached hydrogens (tertiary/aromatic N) is 2. The van der Waals surface area contributed by atoms with Gasteiger partial charge < -0.3 is 15.1 Å². The number of hydrogen-bond acceptors (Lipinski definition) is 3. The van der Waals surface area contributed by atoms with E-state index in [1.165, 1.54) is 6.92 Å². The molecule has 0 bridgehead atoms. The van der Waals surface area contributed by atoms with Gasteiger partial charge in [-0.15, -0.1) is 0 Å². The molecule has 0 unspecified atom stereocenters. The van der Waals surface area contributed by atoms with Crippen LogP contribution in [0.3, 0.4) is 0 Å². The summed E-state index contributed by atoms with van der Waals surface area (Å²) in [5.41, 5.74) is 0.820. The first-order chi connectivity index (χ1) is 9.50. The fourth-order valence-corrected chi connectivity index (χ4v) is 1.80. The first kappa shape index (κ1) is 16.2. The Kier molecular flexibility index (Phi) is 6.73. The molecule has 20 heavy (non-hydrogen) atoms. The minimum Gasteiger partial charge on any atom is -0.355 e. The number of para-hydroxylation sites is 1. The van der Waals surface area contributed by atoms with Crippen LogP contribution in [0.1, 0.15) is 13.3 Å². The molecule has 5 nitrogen and oxygen atoms in total. The molecule has 2 amide bonds. The number of carbonyl (C=O) groups is 2. The summed E-state index contributed by atoms with van der Waals surface area (Å²) in [4.78, 5) is 27.0. The second-order valence-corrected chi connectivity index (χ2v) is 4.91. The standard InChI is InChI=1S/C15H23N3O2/c1-13(19)18(14-7-5-4-6-8-14)11-9-15(20)16-10-12-17(2)3/h4-8H,9-12H2,1-3H3,(H,16,20). The van der Waals surface area contributed by atoms with Crippen molar-refractivity contribution in [1.29, 1.82) is 0 Å². The van der Waals surface area contributed by atoms with E-state index in [0.29, 0.717) is 19.5 Å². The van der Waals surface area contributed by atoms with Crippen LogP contribution in [0.25, 0.3) is 0 Å². The van der Waals surface area contributed by atoms with Gasteiger partial charge in [0.1, 0.15) is 0 Å². The van der Waals surface area contributed by atoms with E-state index in [2.05, 4.69) is 5.32 Å². The molecule has 0 saturated carbocycles. The monoisotopic (exact) mass is 277 g/mol. The summed E-state index contributed by atoms with van der Waals surface area (Å²) in [6, 6.07) is 9.39. The number of benzene rings is 1. The van der Waals surface area contributed by atoms with E-state index in [0.717, 1.165) is 12.2 Å². The van der Waals surface area contributed by atoms with Crippen molar-refractivity contribution in [2.24, 2.45) is 0 Å². The molecule has 0 aliphatic carbocycles. The van der Waals surface area contributed by atoms with Gasteiger partial charge in [0.25, 0.3) is 0 Å². The van der Waals surface area contributed by atoms with Crippen molar-refractivity contribution >= 4 is 17.5 Å². The van der Waals surface area contributed by atoms with Crippen molar-refractivity contribution in [1.82, 2.24) is 10.2 Å². The molecule has 0 aromatic heterocycles. The Hall–Kier alpha value is -1.88. The van der Waals surface area contributed by atoms with Gasteiger partial charge in [-0.2, -0.15) is 0 Å². The number of carbonyl (C=O) groups excluding carboxylic acids is 2. The number of anilines is 1. The third-order valence-corrected chi connectivity index (χ3v) is 2.89. The van der Waals surface area contributed by atoms with Gasteiger partial charge in [0.2, 0.25) is 11.8 Å². The first-order valence-electron chi connectivity index (χ1n) is 6.75. The van der Waals surface area contributed by atoms with Gasteiger partial charge in [-0.05, 0) is 26.2 Å². The summed E-state index contributed by atoms with van der Waals surface area (Å²) in [5, 5.41) is 2.84. The summed E-state index contributed by atoms with van der Waals surface area (Å²) in [6.45, 7) is 3.34. The molecule has 1 aromatic carbocycles. The quantitative estimate of drug-likeness (QED) is 0.812. The molecular weight excluding hydrogens is 254 g/mol. The summed E-state index contributed by atoms with van der Waals surface area (Å²) < 4.78 is 0. The summed E-state index contributed by atoms with van der Waals surface area (Å²) >= 11 is 0. The van der Waals surface area contributed by atoms with E-state index in [1.54, 1.807) is 4.90 Å². The van der Waals surface area contributed by atoms with Gasteiger partial charge in [-0.3, -0.25) is 9.59 Å². The van der Waals surface area contributed by atoms with E-state index in [4.69, 9.17) is 0 Å². The van der Waals surface area contributed by atoms with Crippen molar-refractivity contribution < 1.29 is 9.59 Å². The van der Waals surface area contributed by atoms with Crippen LogP contribution in [0, 0.1) is 0 Å². The average molecular weight is 277 g/mol. The third kappa shape index (κ3) is 5.84. The van der Waals surface area contributed by atoms with Gasteiger partial charge in [0.05, 0.1) is 0 Å². The highest BCUT2D eigenvalue weighted by Gasteiger charge is 2.12. The summed E-state index contributed by atoms with van der Waals surface area (Å²) in [6.07, 6.45) is 0.307.